The number of carbonyl (C=O) groups is 1. The van der Waals surface area contributed by atoms with E-state index in [4.69, 9.17) is 19.4 Å². The van der Waals surface area contributed by atoms with Gasteiger partial charge in [0.25, 0.3) is 0 Å². The largest absolute Gasteiger partial charge is 0.497 e. The summed E-state index contributed by atoms with van der Waals surface area (Å²) in [5.74, 6) is 4.52. The van der Waals surface area contributed by atoms with E-state index in [0.717, 1.165) is 64.8 Å². The average Bonchev–Trinajstić information content (AvgIpc) is 3.66. The van der Waals surface area contributed by atoms with Crippen LogP contribution >= 0.6 is 0 Å². The van der Waals surface area contributed by atoms with Crippen LogP contribution in [0.1, 0.15) is 76.5 Å². The van der Waals surface area contributed by atoms with Crippen molar-refractivity contribution < 1.29 is 19.4 Å². The molecule has 1 saturated carbocycles. The van der Waals surface area contributed by atoms with Gasteiger partial charge in [0.05, 0.1) is 25.7 Å². The fourth-order valence-corrected chi connectivity index (χ4v) is 6.15. The first-order valence-corrected chi connectivity index (χ1v) is 14.6. The lowest BCUT2D eigenvalue weighted by Crippen LogP contribution is -2.20. The van der Waals surface area contributed by atoms with E-state index in [1.807, 2.05) is 37.4 Å². The van der Waals surface area contributed by atoms with Gasteiger partial charge in [-0.2, -0.15) is 0 Å². The van der Waals surface area contributed by atoms with Crippen LogP contribution in [0, 0.1) is 6.92 Å². The van der Waals surface area contributed by atoms with E-state index in [1.54, 1.807) is 32.5 Å². The molecule has 1 atom stereocenters. The number of imidazole rings is 1. The van der Waals surface area contributed by atoms with Crippen molar-refractivity contribution in [2.24, 2.45) is 0 Å². The molecule has 0 amide bonds. The predicted molar refractivity (Wildman–Crippen MR) is 160 cm³/mol. The molecule has 1 fully saturated rings. The molecule has 5 aromatic rings. The summed E-state index contributed by atoms with van der Waals surface area (Å²) in [7, 11) is 3.27. The number of carboxylic acids is 1. The molecule has 0 bridgehead atoms. The Morgan fingerprint density at radius 1 is 1.05 bits per heavy atom. The number of rotatable bonds is 9. The second-order valence-corrected chi connectivity index (χ2v) is 11.2. The van der Waals surface area contributed by atoms with Gasteiger partial charge in [-0.15, -0.1) is 10.2 Å². The molecule has 0 radical (unpaired) electrons. The van der Waals surface area contributed by atoms with Crippen molar-refractivity contribution in [1.29, 1.82) is 0 Å². The highest BCUT2D eigenvalue weighted by Gasteiger charge is 2.36. The standard InChI is InChI=1S/C32H33N7O4/c1-18-15-20(32(40)41)9-11-23(18)26-27-28(34-17-21-8-10-22(42-2)16-25(21)43-3)33-12-14-38(27)30(35-26)24-5-4-13-39-29(19-6-7-19)36-37-31(24)39/h8-12,14-16,19,24H,4-7,13,17H2,1-3H3,(H,33,34)(H,40,41). The number of hydrogen-bond donors (Lipinski definition) is 2. The van der Waals surface area contributed by atoms with E-state index in [9.17, 15) is 9.90 Å². The number of aryl methyl sites for hydroxylation is 1. The zero-order valence-corrected chi connectivity index (χ0v) is 24.4. The maximum Gasteiger partial charge on any atom is 0.335 e. The Hall–Kier alpha value is -4.93. The Labute approximate surface area is 248 Å². The lowest BCUT2D eigenvalue weighted by Gasteiger charge is -2.23. The second-order valence-electron chi connectivity index (χ2n) is 11.2. The van der Waals surface area contributed by atoms with Gasteiger partial charge >= 0.3 is 5.97 Å². The number of carboxylic acid groups (broad SMARTS) is 1. The highest BCUT2D eigenvalue weighted by molar-refractivity contribution is 5.91. The van der Waals surface area contributed by atoms with Crippen LogP contribution < -0.4 is 14.8 Å². The Bertz CT molecular complexity index is 1860. The van der Waals surface area contributed by atoms with Crippen molar-refractivity contribution in [3.05, 3.63) is 83.0 Å². The molecule has 4 heterocycles. The third-order valence-electron chi connectivity index (χ3n) is 8.50. The van der Waals surface area contributed by atoms with Gasteiger partial charge in [-0.25, -0.2) is 14.8 Å². The summed E-state index contributed by atoms with van der Waals surface area (Å²) in [5.41, 5.74) is 4.41. The molecule has 220 valence electrons. The second kappa shape index (κ2) is 10.7. The van der Waals surface area contributed by atoms with Crippen LogP contribution in [0.15, 0.2) is 48.8 Å². The summed E-state index contributed by atoms with van der Waals surface area (Å²) in [6.45, 7) is 3.30. The van der Waals surface area contributed by atoms with Crippen molar-refractivity contribution >= 4 is 17.3 Å². The first-order valence-electron chi connectivity index (χ1n) is 14.6. The van der Waals surface area contributed by atoms with Crippen molar-refractivity contribution in [2.45, 2.75) is 57.5 Å². The number of benzene rings is 2. The first-order chi connectivity index (χ1) is 21.0. The fourth-order valence-electron chi connectivity index (χ4n) is 6.15. The molecule has 43 heavy (non-hydrogen) atoms. The fraction of sp³-hybridized carbons (Fsp3) is 0.344. The van der Waals surface area contributed by atoms with Crippen LogP contribution in [0.2, 0.25) is 0 Å². The smallest absolute Gasteiger partial charge is 0.335 e. The van der Waals surface area contributed by atoms with E-state index < -0.39 is 5.97 Å². The van der Waals surface area contributed by atoms with Crippen LogP contribution in [0.4, 0.5) is 5.82 Å². The quantitative estimate of drug-likeness (QED) is 0.235. The van der Waals surface area contributed by atoms with Crippen molar-refractivity contribution in [2.75, 3.05) is 19.5 Å². The van der Waals surface area contributed by atoms with Gasteiger partial charge in [0, 0.05) is 48.6 Å². The third-order valence-corrected chi connectivity index (χ3v) is 8.50. The zero-order chi connectivity index (χ0) is 29.7. The highest BCUT2D eigenvalue weighted by Crippen LogP contribution is 2.43. The predicted octanol–water partition coefficient (Wildman–Crippen LogP) is 5.43. The van der Waals surface area contributed by atoms with Crippen LogP contribution in [-0.4, -0.2) is 54.4 Å². The molecule has 1 unspecified atom stereocenters. The van der Waals surface area contributed by atoms with Gasteiger partial charge in [0.2, 0.25) is 0 Å². The molecule has 11 heteroatoms. The molecule has 7 rings (SSSR count). The SMILES string of the molecule is COc1ccc(CNc2nccn3c(C4CCCn5c(C6CC6)nnc54)nc(-c4ccc(C(=O)O)cc4C)c23)c(OC)c1. The van der Waals surface area contributed by atoms with E-state index in [1.165, 1.54) is 12.8 Å². The van der Waals surface area contributed by atoms with Crippen LogP contribution in [0.3, 0.4) is 0 Å². The maximum atomic E-state index is 11.7. The Morgan fingerprint density at radius 2 is 1.88 bits per heavy atom. The lowest BCUT2D eigenvalue weighted by atomic mass is 9.97. The summed E-state index contributed by atoms with van der Waals surface area (Å²) >= 11 is 0. The summed E-state index contributed by atoms with van der Waals surface area (Å²) in [6, 6.07) is 10.9. The molecule has 2 aliphatic rings. The third kappa shape index (κ3) is 4.74. The molecular weight excluding hydrogens is 546 g/mol. The molecule has 3 aromatic heterocycles. The first kappa shape index (κ1) is 26.9. The van der Waals surface area contributed by atoms with Crippen LogP contribution in [-0.2, 0) is 13.1 Å². The van der Waals surface area contributed by atoms with Gasteiger partial charge in [-0.3, -0.25) is 4.40 Å². The van der Waals surface area contributed by atoms with Gasteiger partial charge in [0.1, 0.15) is 40.2 Å². The highest BCUT2D eigenvalue weighted by atomic mass is 16.5. The summed E-state index contributed by atoms with van der Waals surface area (Å²) in [5, 5.41) is 22.4. The number of aromatic nitrogens is 6. The lowest BCUT2D eigenvalue weighted by molar-refractivity contribution is 0.0696. The normalized spacial score (nSPS) is 16.2. The monoisotopic (exact) mass is 579 g/mol. The Balaban J connectivity index is 1.36. The number of hydrogen-bond acceptors (Lipinski definition) is 8. The number of aromatic carboxylic acids is 1. The molecule has 0 spiro atoms. The summed E-state index contributed by atoms with van der Waals surface area (Å²) < 4.78 is 15.4. The zero-order valence-electron chi connectivity index (χ0n) is 24.4. The Morgan fingerprint density at radius 3 is 2.63 bits per heavy atom. The molecule has 0 saturated heterocycles. The number of nitrogens with zero attached hydrogens (tertiary/aromatic N) is 6. The number of fused-ring (bicyclic) bond motifs is 2. The van der Waals surface area contributed by atoms with Gasteiger partial charge < -0.3 is 24.5 Å². The molecule has 1 aliphatic heterocycles. The Kier molecular flexibility index (Phi) is 6.72. The molecule has 2 aromatic carbocycles. The van der Waals surface area contributed by atoms with Gasteiger partial charge in [0.15, 0.2) is 5.82 Å². The minimum absolute atomic E-state index is 0.0365. The van der Waals surface area contributed by atoms with Gasteiger partial charge in [-0.1, -0.05) is 6.07 Å². The summed E-state index contributed by atoms with van der Waals surface area (Å²) in [4.78, 5) is 21.7. The summed E-state index contributed by atoms with van der Waals surface area (Å²) in [6.07, 6.45) is 7.98. The molecule has 1 aliphatic carbocycles. The molecule has 11 nitrogen and oxygen atoms in total. The van der Waals surface area contributed by atoms with Crippen LogP contribution in [0.5, 0.6) is 11.5 Å². The number of anilines is 1. The van der Waals surface area contributed by atoms with E-state index in [-0.39, 0.29) is 11.5 Å². The molecule has 2 N–H and O–H groups in total. The number of nitrogens with one attached hydrogen (secondary N) is 1. The topological polar surface area (TPSA) is 129 Å². The maximum absolute atomic E-state index is 11.7. The number of ether oxygens (including phenoxy) is 2. The van der Waals surface area contributed by atoms with E-state index in [2.05, 4.69) is 24.5 Å². The van der Waals surface area contributed by atoms with Crippen LogP contribution in [0.25, 0.3) is 16.8 Å². The van der Waals surface area contributed by atoms with Crippen molar-refractivity contribution in [1.82, 2.24) is 29.1 Å². The van der Waals surface area contributed by atoms with Crippen molar-refractivity contribution in [3.8, 4) is 22.8 Å². The molecular formula is C32H33N7O4. The minimum atomic E-state index is -0.962. The van der Waals surface area contributed by atoms with E-state index >= 15 is 0 Å². The van der Waals surface area contributed by atoms with Crippen molar-refractivity contribution in [3.63, 3.8) is 0 Å². The minimum Gasteiger partial charge on any atom is -0.497 e. The van der Waals surface area contributed by atoms with E-state index in [0.29, 0.717) is 29.8 Å². The van der Waals surface area contributed by atoms with Gasteiger partial charge in [-0.05, 0) is 62.4 Å². The average molecular weight is 580 g/mol. The number of methoxy groups -OCH3 is 2.